The first kappa shape index (κ1) is 15.3. The van der Waals surface area contributed by atoms with E-state index in [1.807, 2.05) is 35.2 Å². The van der Waals surface area contributed by atoms with Crippen molar-refractivity contribution >= 4 is 21.8 Å². The summed E-state index contributed by atoms with van der Waals surface area (Å²) in [5.41, 5.74) is 0.747. The predicted molar refractivity (Wildman–Crippen MR) is 86.8 cm³/mol. The molecule has 1 aromatic rings. The number of nitrogens with zero attached hydrogens (tertiary/aromatic N) is 1. The molecule has 3 heteroatoms. The van der Waals surface area contributed by atoms with Crippen molar-refractivity contribution < 1.29 is 4.79 Å². The molecule has 0 aromatic heterocycles. The summed E-state index contributed by atoms with van der Waals surface area (Å²) in [6.45, 7) is 5.27. The van der Waals surface area contributed by atoms with E-state index in [1.165, 1.54) is 32.1 Å². The second-order valence-electron chi connectivity index (χ2n) is 5.51. The van der Waals surface area contributed by atoms with Gasteiger partial charge in [0.2, 0.25) is 0 Å². The molecule has 0 bridgehead atoms. The lowest BCUT2D eigenvalue weighted by atomic mass is 9.89. The molecule has 0 atom stereocenters. The van der Waals surface area contributed by atoms with Gasteiger partial charge in [-0.2, -0.15) is 0 Å². The highest BCUT2D eigenvalue weighted by molar-refractivity contribution is 9.10. The minimum absolute atomic E-state index is 0.108. The van der Waals surface area contributed by atoms with E-state index in [0.717, 1.165) is 16.6 Å². The summed E-state index contributed by atoms with van der Waals surface area (Å²) in [6.07, 6.45) is 8.27. The van der Waals surface area contributed by atoms with Gasteiger partial charge in [0.05, 0.1) is 0 Å². The van der Waals surface area contributed by atoms with Gasteiger partial charge in [0.25, 0.3) is 5.91 Å². The molecule has 20 heavy (non-hydrogen) atoms. The number of hydrogen-bond acceptors (Lipinski definition) is 1. The van der Waals surface area contributed by atoms with Gasteiger partial charge in [0.15, 0.2) is 0 Å². The fraction of sp³-hybridized carbons (Fsp3) is 0.471. The minimum Gasteiger partial charge on any atom is -0.335 e. The van der Waals surface area contributed by atoms with Crippen LogP contribution < -0.4 is 0 Å². The third-order valence-electron chi connectivity index (χ3n) is 3.91. The van der Waals surface area contributed by atoms with Crippen LogP contribution >= 0.6 is 15.9 Å². The number of amides is 1. The summed E-state index contributed by atoms with van der Waals surface area (Å²) >= 11 is 3.43. The van der Waals surface area contributed by atoms with E-state index in [1.54, 1.807) is 0 Å². The van der Waals surface area contributed by atoms with E-state index < -0.39 is 0 Å². The smallest absolute Gasteiger partial charge is 0.254 e. The van der Waals surface area contributed by atoms with Crippen LogP contribution in [0.25, 0.3) is 0 Å². The predicted octanol–water partition coefficient (Wildman–Crippen LogP) is 4.66. The van der Waals surface area contributed by atoms with Crippen LogP contribution in [0.15, 0.2) is 41.4 Å². The number of hydrogen-bond donors (Lipinski definition) is 0. The van der Waals surface area contributed by atoms with E-state index in [-0.39, 0.29) is 5.91 Å². The Morgan fingerprint density at radius 1 is 1.35 bits per heavy atom. The standard InChI is InChI=1S/C17H22BrNO/c1-2-11-19(13-14-7-4-3-5-8-14)17(20)15-9-6-10-16(18)12-15/h2,6,9-10,12,14H,1,3-5,7-8,11,13H2. The number of carbonyl (C=O) groups is 1. The van der Waals surface area contributed by atoms with E-state index in [4.69, 9.17) is 0 Å². The molecule has 1 aliphatic carbocycles. The highest BCUT2D eigenvalue weighted by atomic mass is 79.9. The number of rotatable bonds is 5. The Labute approximate surface area is 130 Å². The van der Waals surface area contributed by atoms with Crippen LogP contribution in [0.4, 0.5) is 0 Å². The van der Waals surface area contributed by atoms with Gasteiger partial charge in [-0.15, -0.1) is 6.58 Å². The van der Waals surface area contributed by atoms with Gasteiger partial charge < -0.3 is 4.90 Å². The fourth-order valence-electron chi connectivity index (χ4n) is 2.88. The molecule has 0 spiro atoms. The average molecular weight is 336 g/mol. The number of carbonyl (C=O) groups excluding carboxylic acids is 1. The molecule has 0 N–H and O–H groups in total. The molecule has 0 saturated heterocycles. The van der Waals surface area contributed by atoms with Gasteiger partial charge >= 0.3 is 0 Å². The maximum absolute atomic E-state index is 12.6. The van der Waals surface area contributed by atoms with Crippen molar-refractivity contribution in [3.05, 3.63) is 47.0 Å². The van der Waals surface area contributed by atoms with E-state index in [0.29, 0.717) is 12.5 Å². The third-order valence-corrected chi connectivity index (χ3v) is 4.40. The van der Waals surface area contributed by atoms with Crippen LogP contribution in [0, 0.1) is 5.92 Å². The SMILES string of the molecule is C=CCN(CC1CCCCC1)C(=O)c1cccc(Br)c1. The molecule has 2 nitrogen and oxygen atoms in total. The summed E-state index contributed by atoms with van der Waals surface area (Å²) in [7, 11) is 0. The lowest BCUT2D eigenvalue weighted by Gasteiger charge is -2.29. The summed E-state index contributed by atoms with van der Waals surface area (Å²) in [4.78, 5) is 14.6. The Balaban J connectivity index is 2.06. The van der Waals surface area contributed by atoms with Crippen molar-refractivity contribution in [1.82, 2.24) is 4.90 Å². The van der Waals surface area contributed by atoms with Gasteiger partial charge in [-0.1, -0.05) is 47.3 Å². The average Bonchev–Trinajstić information content (AvgIpc) is 2.47. The Bertz CT molecular complexity index is 466. The second kappa shape index (κ2) is 7.63. The second-order valence-corrected chi connectivity index (χ2v) is 6.43. The third kappa shape index (κ3) is 4.20. The quantitative estimate of drug-likeness (QED) is 0.716. The Morgan fingerprint density at radius 3 is 2.75 bits per heavy atom. The van der Waals surface area contributed by atoms with Crippen molar-refractivity contribution in [1.29, 1.82) is 0 Å². The van der Waals surface area contributed by atoms with Crippen LogP contribution in [0.1, 0.15) is 42.5 Å². The van der Waals surface area contributed by atoms with Gasteiger partial charge in [-0.3, -0.25) is 4.79 Å². The molecule has 0 heterocycles. The first-order valence-electron chi connectivity index (χ1n) is 7.36. The van der Waals surface area contributed by atoms with Crippen LogP contribution in [0.2, 0.25) is 0 Å². The molecular weight excluding hydrogens is 314 g/mol. The van der Waals surface area contributed by atoms with E-state index in [9.17, 15) is 4.79 Å². The first-order chi connectivity index (χ1) is 9.70. The van der Waals surface area contributed by atoms with Crippen LogP contribution in [0.5, 0.6) is 0 Å². The van der Waals surface area contributed by atoms with Gasteiger partial charge in [-0.05, 0) is 37.0 Å². The molecule has 1 amide bonds. The highest BCUT2D eigenvalue weighted by Gasteiger charge is 2.21. The lowest BCUT2D eigenvalue weighted by Crippen LogP contribution is -2.36. The highest BCUT2D eigenvalue weighted by Crippen LogP contribution is 2.25. The topological polar surface area (TPSA) is 20.3 Å². The van der Waals surface area contributed by atoms with Crippen LogP contribution in [-0.4, -0.2) is 23.9 Å². The molecule has 0 aliphatic heterocycles. The molecule has 1 saturated carbocycles. The van der Waals surface area contributed by atoms with Gasteiger partial charge in [0.1, 0.15) is 0 Å². The van der Waals surface area contributed by atoms with E-state index >= 15 is 0 Å². The Morgan fingerprint density at radius 2 is 2.10 bits per heavy atom. The largest absolute Gasteiger partial charge is 0.335 e. The maximum atomic E-state index is 12.6. The minimum atomic E-state index is 0.108. The summed E-state index contributed by atoms with van der Waals surface area (Å²) in [5, 5.41) is 0. The molecule has 0 unspecified atom stereocenters. The first-order valence-corrected chi connectivity index (χ1v) is 8.15. The Hall–Kier alpha value is -1.09. The van der Waals surface area contributed by atoms with Gasteiger partial charge in [0, 0.05) is 23.1 Å². The van der Waals surface area contributed by atoms with Gasteiger partial charge in [-0.25, -0.2) is 0 Å². The zero-order valence-corrected chi connectivity index (χ0v) is 13.4. The zero-order chi connectivity index (χ0) is 14.4. The Kier molecular flexibility index (Phi) is 5.84. The maximum Gasteiger partial charge on any atom is 0.254 e. The molecule has 1 fully saturated rings. The molecule has 0 radical (unpaired) electrons. The van der Waals surface area contributed by atoms with Crippen LogP contribution in [-0.2, 0) is 0 Å². The van der Waals surface area contributed by atoms with Crippen molar-refractivity contribution in [3.8, 4) is 0 Å². The van der Waals surface area contributed by atoms with Crippen LogP contribution in [0.3, 0.4) is 0 Å². The number of halogens is 1. The van der Waals surface area contributed by atoms with E-state index in [2.05, 4.69) is 22.5 Å². The molecule has 108 valence electrons. The summed E-state index contributed by atoms with van der Waals surface area (Å²) in [6, 6.07) is 7.61. The summed E-state index contributed by atoms with van der Waals surface area (Å²) in [5.74, 6) is 0.761. The molecule has 2 rings (SSSR count). The zero-order valence-electron chi connectivity index (χ0n) is 11.9. The summed E-state index contributed by atoms with van der Waals surface area (Å²) < 4.78 is 0.944. The van der Waals surface area contributed by atoms with Crippen molar-refractivity contribution in [3.63, 3.8) is 0 Å². The molecule has 1 aromatic carbocycles. The molecule has 1 aliphatic rings. The van der Waals surface area contributed by atoms with Crippen molar-refractivity contribution in [2.45, 2.75) is 32.1 Å². The van der Waals surface area contributed by atoms with Crippen molar-refractivity contribution in [2.24, 2.45) is 5.92 Å². The normalized spacial score (nSPS) is 15.8. The monoisotopic (exact) mass is 335 g/mol. The molecular formula is C17H22BrNO. The lowest BCUT2D eigenvalue weighted by molar-refractivity contribution is 0.0735. The van der Waals surface area contributed by atoms with Crippen molar-refractivity contribution in [2.75, 3.05) is 13.1 Å². The number of benzene rings is 1. The fourth-order valence-corrected chi connectivity index (χ4v) is 3.28.